The van der Waals surface area contributed by atoms with Crippen molar-refractivity contribution in [3.63, 3.8) is 0 Å². The van der Waals surface area contributed by atoms with Crippen molar-refractivity contribution in [3.05, 3.63) is 0 Å². The van der Waals surface area contributed by atoms with Crippen LogP contribution in [-0.2, 0) is 9.59 Å². The van der Waals surface area contributed by atoms with Crippen LogP contribution in [0.15, 0.2) is 5.10 Å². The van der Waals surface area contributed by atoms with Crippen molar-refractivity contribution in [1.29, 1.82) is 0 Å². The fourth-order valence-electron chi connectivity index (χ4n) is 2.13. The van der Waals surface area contributed by atoms with Gasteiger partial charge >= 0.3 is 0 Å². The third kappa shape index (κ3) is 1.96. The molecular formula is C9H15N5O3. The second-order valence-corrected chi connectivity index (χ2v) is 4.21. The number of nitrogens with two attached hydrogens (primary N) is 1. The van der Waals surface area contributed by atoms with Gasteiger partial charge in [-0.3, -0.25) is 20.4 Å². The molecule has 2 aliphatic heterocycles. The zero-order valence-corrected chi connectivity index (χ0v) is 9.19. The van der Waals surface area contributed by atoms with Crippen molar-refractivity contribution < 1.29 is 14.7 Å². The molecule has 0 bridgehead atoms. The minimum atomic E-state index is -1.73. The SMILES string of the molecule is NNC(=O)C1=NNC2(O)C(=O)NCCCC2C1. The van der Waals surface area contributed by atoms with Crippen LogP contribution in [0.4, 0.5) is 0 Å². The van der Waals surface area contributed by atoms with Gasteiger partial charge in [0.25, 0.3) is 11.8 Å². The topological polar surface area (TPSA) is 129 Å². The number of nitrogens with zero attached hydrogens (tertiary/aromatic N) is 1. The van der Waals surface area contributed by atoms with Gasteiger partial charge < -0.3 is 10.4 Å². The summed E-state index contributed by atoms with van der Waals surface area (Å²) in [5.74, 6) is 3.62. The van der Waals surface area contributed by atoms with Crippen LogP contribution in [0.3, 0.4) is 0 Å². The highest BCUT2D eigenvalue weighted by atomic mass is 16.3. The maximum Gasteiger partial charge on any atom is 0.281 e. The van der Waals surface area contributed by atoms with E-state index in [2.05, 4.69) is 15.8 Å². The molecule has 94 valence electrons. The molecule has 2 atom stereocenters. The fraction of sp³-hybridized carbons (Fsp3) is 0.667. The quantitative estimate of drug-likeness (QED) is 0.197. The van der Waals surface area contributed by atoms with E-state index < -0.39 is 17.5 Å². The maximum absolute atomic E-state index is 11.7. The van der Waals surface area contributed by atoms with Crippen molar-refractivity contribution in [2.24, 2.45) is 16.9 Å². The number of hydrogen-bond donors (Lipinski definition) is 5. The number of carbonyl (C=O) groups excluding carboxylic acids is 2. The van der Waals surface area contributed by atoms with E-state index in [1.54, 1.807) is 0 Å². The number of hydrazone groups is 1. The van der Waals surface area contributed by atoms with Crippen LogP contribution < -0.4 is 22.0 Å². The number of fused-ring (bicyclic) bond motifs is 1. The Morgan fingerprint density at radius 2 is 2.41 bits per heavy atom. The molecule has 2 aliphatic rings. The first kappa shape index (κ1) is 11.8. The molecule has 2 unspecified atom stereocenters. The van der Waals surface area contributed by atoms with Gasteiger partial charge in [0, 0.05) is 18.9 Å². The molecule has 1 fully saturated rings. The molecule has 2 rings (SSSR count). The average Bonchev–Trinajstić information content (AvgIpc) is 2.48. The number of amides is 2. The van der Waals surface area contributed by atoms with E-state index in [4.69, 9.17) is 5.84 Å². The normalized spacial score (nSPS) is 32.5. The molecule has 8 nitrogen and oxygen atoms in total. The predicted molar refractivity (Wildman–Crippen MR) is 58.2 cm³/mol. The molecule has 0 aromatic carbocycles. The van der Waals surface area contributed by atoms with Crippen molar-refractivity contribution in [2.75, 3.05) is 6.54 Å². The highest BCUT2D eigenvalue weighted by Gasteiger charge is 2.48. The Kier molecular flexibility index (Phi) is 2.99. The van der Waals surface area contributed by atoms with Crippen molar-refractivity contribution in [1.82, 2.24) is 16.2 Å². The first-order chi connectivity index (χ1) is 8.08. The molecule has 0 aromatic heterocycles. The number of nitrogens with one attached hydrogen (secondary N) is 3. The van der Waals surface area contributed by atoms with Gasteiger partial charge in [-0.1, -0.05) is 0 Å². The summed E-state index contributed by atoms with van der Waals surface area (Å²) < 4.78 is 0. The Balaban J connectivity index is 2.24. The van der Waals surface area contributed by atoms with E-state index in [-0.39, 0.29) is 18.1 Å². The van der Waals surface area contributed by atoms with Crippen molar-refractivity contribution >= 4 is 17.5 Å². The third-order valence-corrected chi connectivity index (χ3v) is 3.15. The molecule has 6 N–H and O–H groups in total. The molecule has 2 amide bonds. The minimum Gasteiger partial charge on any atom is -0.362 e. The zero-order chi connectivity index (χ0) is 12.5. The van der Waals surface area contributed by atoms with Gasteiger partial charge in [0.1, 0.15) is 5.71 Å². The van der Waals surface area contributed by atoms with Gasteiger partial charge in [0.2, 0.25) is 5.72 Å². The minimum absolute atomic E-state index is 0.192. The van der Waals surface area contributed by atoms with Crippen LogP contribution in [0.1, 0.15) is 19.3 Å². The average molecular weight is 241 g/mol. The molecule has 0 aromatic rings. The van der Waals surface area contributed by atoms with Crippen LogP contribution in [0.5, 0.6) is 0 Å². The second kappa shape index (κ2) is 4.30. The van der Waals surface area contributed by atoms with Crippen LogP contribution in [0, 0.1) is 5.92 Å². The van der Waals surface area contributed by atoms with E-state index in [1.807, 2.05) is 5.43 Å². The molecule has 0 radical (unpaired) electrons. The summed E-state index contributed by atoms with van der Waals surface area (Å²) in [6.07, 6.45) is 1.59. The zero-order valence-electron chi connectivity index (χ0n) is 9.19. The number of aliphatic hydroxyl groups is 1. The van der Waals surface area contributed by atoms with Gasteiger partial charge in [-0.05, 0) is 12.8 Å². The fourth-order valence-corrected chi connectivity index (χ4v) is 2.13. The van der Waals surface area contributed by atoms with Gasteiger partial charge in [0.05, 0.1) is 0 Å². The number of carbonyl (C=O) groups is 2. The Bertz CT molecular complexity index is 383. The van der Waals surface area contributed by atoms with E-state index >= 15 is 0 Å². The van der Waals surface area contributed by atoms with Crippen molar-refractivity contribution in [2.45, 2.75) is 25.0 Å². The first-order valence-electron chi connectivity index (χ1n) is 5.43. The lowest BCUT2D eigenvalue weighted by Gasteiger charge is -2.35. The lowest BCUT2D eigenvalue weighted by molar-refractivity contribution is -0.150. The maximum atomic E-state index is 11.7. The molecule has 1 saturated heterocycles. The third-order valence-electron chi connectivity index (χ3n) is 3.15. The van der Waals surface area contributed by atoms with Crippen LogP contribution in [0.25, 0.3) is 0 Å². The number of hydrogen-bond acceptors (Lipinski definition) is 6. The number of hydrazine groups is 1. The Labute approximate surface area is 97.6 Å². The monoisotopic (exact) mass is 241 g/mol. The summed E-state index contributed by atoms with van der Waals surface area (Å²) in [6, 6.07) is 0. The first-order valence-corrected chi connectivity index (χ1v) is 5.43. The molecule has 2 heterocycles. The van der Waals surface area contributed by atoms with E-state index in [1.165, 1.54) is 0 Å². The summed E-state index contributed by atoms with van der Waals surface area (Å²) in [7, 11) is 0. The van der Waals surface area contributed by atoms with Gasteiger partial charge in [0.15, 0.2) is 0 Å². The van der Waals surface area contributed by atoms with E-state index in [0.29, 0.717) is 13.0 Å². The lowest BCUT2D eigenvalue weighted by atomic mass is 9.85. The van der Waals surface area contributed by atoms with Crippen LogP contribution in [-0.4, -0.2) is 34.9 Å². The van der Waals surface area contributed by atoms with Gasteiger partial charge in [-0.15, -0.1) is 0 Å². The highest BCUT2D eigenvalue weighted by Crippen LogP contribution is 2.29. The summed E-state index contributed by atoms with van der Waals surface area (Å²) in [6.45, 7) is 0.512. The molecule has 17 heavy (non-hydrogen) atoms. The molecule has 0 saturated carbocycles. The van der Waals surface area contributed by atoms with Gasteiger partial charge in [-0.25, -0.2) is 5.84 Å². The van der Waals surface area contributed by atoms with Crippen LogP contribution in [0.2, 0.25) is 0 Å². The molecule has 8 heteroatoms. The summed E-state index contributed by atoms with van der Waals surface area (Å²) in [5, 5.41) is 16.5. The molecule has 0 spiro atoms. The largest absolute Gasteiger partial charge is 0.362 e. The number of rotatable bonds is 1. The smallest absolute Gasteiger partial charge is 0.281 e. The van der Waals surface area contributed by atoms with E-state index in [0.717, 1.165) is 6.42 Å². The predicted octanol–water partition coefficient (Wildman–Crippen LogP) is -2.46. The van der Waals surface area contributed by atoms with Crippen LogP contribution >= 0.6 is 0 Å². The molecular weight excluding hydrogens is 226 g/mol. The summed E-state index contributed by atoms with van der Waals surface area (Å²) in [5.41, 5.74) is 2.81. The summed E-state index contributed by atoms with van der Waals surface area (Å²) in [4.78, 5) is 23.0. The Hall–Kier alpha value is -1.67. The summed E-state index contributed by atoms with van der Waals surface area (Å²) >= 11 is 0. The lowest BCUT2D eigenvalue weighted by Crippen LogP contribution is -2.62. The Morgan fingerprint density at radius 1 is 1.65 bits per heavy atom. The van der Waals surface area contributed by atoms with Gasteiger partial charge in [-0.2, -0.15) is 5.10 Å². The van der Waals surface area contributed by atoms with E-state index in [9.17, 15) is 14.7 Å². The second-order valence-electron chi connectivity index (χ2n) is 4.21. The van der Waals surface area contributed by atoms with Crippen molar-refractivity contribution in [3.8, 4) is 0 Å². The highest BCUT2D eigenvalue weighted by molar-refractivity contribution is 6.38. The Morgan fingerprint density at radius 3 is 3.12 bits per heavy atom. The molecule has 0 aliphatic carbocycles. The standard InChI is InChI=1S/C9H15N5O3/c10-12-7(15)6-4-5-2-1-3-11-8(16)9(5,17)14-13-6/h5,14,17H,1-4,10H2,(H,11,16)(H,12,15).